The number of hydrogen-bond acceptors (Lipinski definition) is 8. The molecule has 186 valence electrons. The van der Waals surface area contributed by atoms with Gasteiger partial charge in [-0.15, -0.1) is 11.3 Å². The predicted octanol–water partition coefficient (Wildman–Crippen LogP) is 2.87. The molecule has 2 aromatic heterocycles. The van der Waals surface area contributed by atoms with Crippen LogP contribution in [0.2, 0.25) is 0 Å². The van der Waals surface area contributed by atoms with E-state index >= 15 is 0 Å². The van der Waals surface area contributed by atoms with Crippen molar-refractivity contribution in [3.63, 3.8) is 0 Å². The van der Waals surface area contributed by atoms with Crippen molar-refractivity contribution >= 4 is 17.2 Å². The Hall–Kier alpha value is -2.82. The summed E-state index contributed by atoms with van der Waals surface area (Å²) < 4.78 is 8.04. The zero-order valence-electron chi connectivity index (χ0n) is 20.6. The zero-order valence-corrected chi connectivity index (χ0v) is 21.4. The lowest BCUT2D eigenvalue weighted by Gasteiger charge is -2.39. The van der Waals surface area contributed by atoms with Crippen LogP contribution in [-0.4, -0.2) is 74.0 Å². The van der Waals surface area contributed by atoms with E-state index in [9.17, 15) is 9.90 Å². The maximum absolute atomic E-state index is 12.1. The van der Waals surface area contributed by atoms with Gasteiger partial charge in [0.15, 0.2) is 10.8 Å². The van der Waals surface area contributed by atoms with Gasteiger partial charge in [0.25, 0.3) is 0 Å². The molecular formula is C25H32N6O3S. The summed E-state index contributed by atoms with van der Waals surface area (Å²) in [7, 11) is 0. The molecule has 1 fully saturated rings. The van der Waals surface area contributed by atoms with Crippen molar-refractivity contribution in [1.29, 1.82) is 0 Å². The van der Waals surface area contributed by atoms with Gasteiger partial charge in [-0.3, -0.25) is 9.69 Å². The fourth-order valence-electron chi connectivity index (χ4n) is 4.45. The van der Waals surface area contributed by atoms with Gasteiger partial charge >= 0.3 is 0 Å². The predicted molar refractivity (Wildman–Crippen MR) is 135 cm³/mol. The van der Waals surface area contributed by atoms with Crippen molar-refractivity contribution in [1.82, 2.24) is 30.0 Å². The highest BCUT2D eigenvalue weighted by Gasteiger charge is 2.31. The molecular weight excluding hydrogens is 464 g/mol. The van der Waals surface area contributed by atoms with Crippen LogP contribution in [0.25, 0.3) is 22.1 Å². The van der Waals surface area contributed by atoms with Crippen LogP contribution in [0.5, 0.6) is 5.75 Å². The van der Waals surface area contributed by atoms with E-state index < -0.39 is 5.60 Å². The second kappa shape index (κ2) is 9.33. The summed E-state index contributed by atoms with van der Waals surface area (Å²) >= 11 is 1.66. The highest BCUT2D eigenvalue weighted by molar-refractivity contribution is 7.15. The maximum atomic E-state index is 12.1. The van der Waals surface area contributed by atoms with E-state index in [2.05, 4.69) is 52.3 Å². The van der Waals surface area contributed by atoms with Gasteiger partial charge < -0.3 is 15.2 Å². The minimum atomic E-state index is -0.904. The maximum Gasteiger partial charge on any atom is 0.234 e. The number of fused-ring (bicyclic) bond motifs is 3. The minimum absolute atomic E-state index is 0.0593. The molecule has 0 spiro atoms. The van der Waals surface area contributed by atoms with E-state index in [1.54, 1.807) is 31.5 Å². The molecule has 2 aliphatic heterocycles. The van der Waals surface area contributed by atoms with E-state index in [0.717, 1.165) is 47.3 Å². The molecule has 0 atom stereocenters. The Kier molecular flexibility index (Phi) is 6.37. The number of carbonyl (C=O) groups is 1. The minimum Gasteiger partial charge on any atom is -0.492 e. The number of hydrogen-bond donors (Lipinski definition) is 2. The third-order valence-electron chi connectivity index (χ3n) is 6.31. The Morgan fingerprint density at radius 3 is 2.89 bits per heavy atom. The second-order valence-electron chi connectivity index (χ2n) is 10.2. The van der Waals surface area contributed by atoms with Gasteiger partial charge in [0.2, 0.25) is 5.91 Å². The number of aliphatic hydroxyl groups is 1. The molecule has 3 aromatic rings. The molecule has 0 aliphatic carbocycles. The molecule has 0 bridgehead atoms. The van der Waals surface area contributed by atoms with Crippen molar-refractivity contribution in [2.75, 3.05) is 32.8 Å². The van der Waals surface area contributed by atoms with E-state index in [-0.39, 0.29) is 18.5 Å². The monoisotopic (exact) mass is 496 g/mol. The third kappa shape index (κ3) is 5.10. The third-order valence-corrected chi connectivity index (χ3v) is 7.42. The molecule has 9 nitrogen and oxygen atoms in total. The zero-order chi connectivity index (χ0) is 24.7. The van der Waals surface area contributed by atoms with E-state index in [0.29, 0.717) is 19.1 Å². The summed E-state index contributed by atoms with van der Waals surface area (Å²) in [6, 6.07) is 6.62. The first-order valence-electron chi connectivity index (χ1n) is 12.1. The molecule has 4 heterocycles. The number of rotatable bonds is 7. The lowest BCUT2D eigenvalue weighted by molar-refractivity contribution is -0.124. The van der Waals surface area contributed by atoms with Crippen LogP contribution in [0.15, 0.2) is 24.5 Å². The number of nitrogens with zero attached hydrogens (tertiary/aromatic N) is 5. The van der Waals surface area contributed by atoms with Crippen LogP contribution in [0.3, 0.4) is 0 Å². The number of ether oxygens (including phenoxy) is 1. The Morgan fingerprint density at radius 1 is 1.34 bits per heavy atom. The Morgan fingerprint density at radius 2 is 2.14 bits per heavy atom. The number of thiazole rings is 1. The van der Waals surface area contributed by atoms with E-state index in [1.165, 1.54) is 10.4 Å². The highest BCUT2D eigenvalue weighted by atomic mass is 32.1. The number of carbonyl (C=O) groups excluding carboxylic acids is 1. The fraction of sp³-hybridized carbons (Fsp3) is 0.520. The molecule has 0 unspecified atom stereocenters. The first-order chi connectivity index (χ1) is 16.7. The van der Waals surface area contributed by atoms with Gasteiger partial charge in [0.05, 0.1) is 24.4 Å². The summed E-state index contributed by atoms with van der Waals surface area (Å²) in [5.74, 6) is 1.98. The van der Waals surface area contributed by atoms with Gasteiger partial charge in [0.1, 0.15) is 12.1 Å². The first kappa shape index (κ1) is 23.9. The van der Waals surface area contributed by atoms with E-state index in [4.69, 9.17) is 9.72 Å². The quantitative estimate of drug-likeness (QED) is 0.518. The first-order valence-corrected chi connectivity index (χ1v) is 12.9. The standard InChI is InChI=1S/C25H32N6O3S/c1-15(2)31-23(27-14-28-31)24-29-22-18-6-5-16(9-19(18)34-8-7-20(22)35-24)17-10-30(11-17)12-21(32)26-13-25(3,4)33/h5-6,9,14-15,17,33H,7-8,10-13H2,1-4H3,(H,26,32). The van der Waals surface area contributed by atoms with Crippen LogP contribution in [0.1, 0.15) is 50.1 Å². The van der Waals surface area contributed by atoms with E-state index in [1.807, 2.05) is 4.68 Å². The van der Waals surface area contributed by atoms with Crippen molar-refractivity contribution in [3.05, 3.63) is 35.0 Å². The molecule has 35 heavy (non-hydrogen) atoms. The van der Waals surface area contributed by atoms with Gasteiger partial charge in [-0.25, -0.2) is 14.6 Å². The Bertz CT molecular complexity index is 1220. The average molecular weight is 497 g/mol. The van der Waals surface area contributed by atoms with Crippen LogP contribution in [-0.2, 0) is 11.2 Å². The summed E-state index contributed by atoms with van der Waals surface area (Å²) in [5.41, 5.74) is 2.30. The van der Waals surface area contributed by atoms with Crippen molar-refractivity contribution in [2.45, 2.75) is 51.7 Å². The van der Waals surface area contributed by atoms with Crippen LogP contribution in [0.4, 0.5) is 0 Å². The lowest BCUT2D eigenvalue weighted by Crippen LogP contribution is -2.50. The smallest absolute Gasteiger partial charge is 0.234 e. The lowest BCUT2D eigenvalue weighted by atomic mass is 9.90. The summed E-state index contributed by atoms with van der Waals surface area (Å²) in [6.07, 6.45) is 2.40. The van der Waals surface area contributed by atoms with Gasteiger partial charge in [-0.1, -0.05) is 6.07 Å². The topological polar surface area (TPSA) is 105 Å². The number of nitrogens with one attached hydrogen (secondary N) is 1. The van der Waals surface area contributed by atoms with Crippen molar-refractivity contribution < 1.29 is 14.6 Å². The number of likely N-dealkylation sites (tertiary alicyclic amines) is 1. The normalized spacial score (nSPS) is 16.3. The Labute approximate surface area is 209 Å². The molecule has 2 N–H and O–H groups in total. The highest BCUT2D eigenvalue weighted by Crippen LogP contribution is 2.42. The average Bonchev–Trinajstić information content (AvgIpc) is 3.38. The second-order valence-corrected chi connectivity index (χ2v) is 11.3. The fourth-order valence-corrected chi connectivity index (χ4v) is 5.50. The molecule has 1 saturated heterocycles. The molecule has 10 heteroatoms. The largest absolute Gasteiger partial charge is 0.492 e. The van der Waals surface area contributed by atoms with Crippen LogP contribution in [0, 0.1) is 0 Å². The van der Waals surface area contributed by atoms with Gasteiger partial charge in [-0.05, 0) is 45.4 Å². The Balaban J connectivity index is 1.28. The van der Waals surface area contributed by atoms with Gasteiger partial charge in [0, 0.05) is 48.5 Å². The molecule has 0 saturated carbocycles. The molecule has 1 aromatic carbocycles. The molecule has 0 radical (unpaired) electrons. The summed E-state index contributed by atoms with van der Waals surface area (Å²) in [5, 5.41) is 17.8. The van der Waals surface area contributed by atoms with Gasteiger partial charge in [-0.2, -0.15) is 5.10 Å². The summed E-state index contributed by atoms with van der Waals surface area (Å²) in [4.78, 5) is 24.9. The number of amides is 1. The number of benzene rings is 1. The number of aromatic nitrogens is 4. The molecule has 2 aliphatic rings. The molecule has 1 amide bonds. The van der Waals surface area contributed by atoms with Crippen LogP contribution >= 0.6 is 11.3 Å². The van der Waals surface area contributed by atoms with Crippen molar-refractivity contribution in [3.8, 4) is 27.8 Å². The summed E-state index contributed by atoms with van der Waals surface area (Å²) in [6.45, 7) is 10.4. The SMILES string of the molecule is CC(C)n1ncnc1-c1nc2c(s1)CCOc1cc(C3CN(CC(=O)NCC(C)(C)O)C3)ccc1-2. The van der Waals surface area contributed by atoms with Crippen LogP contribution < -0.4 is 10.1 Å². The molecule has 5 rings (SSSR count). The van der Waals surface area contributed by atoms with Crippen molar-refractivity contribution in [2.24, 2.45) is 0 Å².